The first-order chi connectivity index (χ1) is 12.9. The lowest BCUT2D eigenvalue weighted by atomic mass is 9.71. The molecule has 3 aromatic rings. The minimum atomic E-state index is -0.384. The van der Waals surface area contributed by atoms with E-state index in [1.807, 2.05) is 56.4 Å². The number of fused-ring (bicyclic) bond motifs is 1. The quantitative estimate of drug-likeness (QED) is 0.600. The second-order valence-electron chi connectivity index (χ2n) is 8.12. The zero-order valence-corrected chi connectivity index (χ0v) is 15.5. The highest BCUT2D eigenvalue weighted by atomic mass is 16.3. The van der Waals surface area contributed by atoms with Gasteiger partial charge in [0, 0.05) is 41.4 Å². The molecule has 0 spiro atoms. The van der Waals surface area contributed by atoms with Crippen molar-refractivity contribution in [2.75, 3.05) is 0 Å². The average Bonchev–Trinajstić information content (AvgIpc) is 3.02. The number of aliphatic hydroxyl groups excluding tert-OH is 1. The molecule has 0 bridgehead atoms. The molecule has 1 aliphatic rings. The first-order valence-corrected chi connectivity index (χ1v) is 9.16. The van der Waals surface area contributed by atoms with Crippen LogP contribution in [0.1, 0.15) is 43.7 Å². The number of para-hydroxylation sites is 1. The molecular formula is C23H23NO3. The molecule has 1 aliphatic carbocycles. The Hall–Kier alpha value is -3.01. The zero-order chi connectivity index (χ0) is 19.2. The van der Waals surface area contributed by atoms with Crippen LogP contribution < -0.4 is 0 Å². The predicted molar refractivity (Wildman–Crippen MR) is 106 cm³/mol. The van der Waals surface area contributed by atoms with Crippen molar-refractivity contribution in [3.05, 3.63) is 77.2 Å². The van der Waals surface area contributed by atoms with Gasteiger partial charge in [-0.1, -0.05) is 44.2 Å². The van der Waals surface area contributed by atoms with Crippen LogP contribution in [0.2, 0.25) is 0 Å². The van der Waals surface area contributed by atoms with Crippen LogP contribution in [0.5, 0.6) is 5.75 Å². The third kappa shape index (κ3) is 3.12. The van der Waals surface area contributed by atoms with Crippen molar-refractivity contribution in [2.45, 2.75) is 32.6 Å². The Kier molecular flexibility index (Phi) is 4.06. The molecule has 1 aromatic heterocycles. The van der Waals surface area contributed by atoms with Crippen LogP contribution in [-0.4, -0.2) is 21.0 Å². The summed E-state index contributed by atoms with van der Waals surface area (Å²) < 4.78 is 0. The number of Topliss-reactive ketones (excluding diaryl/α,β-unsaturated/α-hetero) is 1. The van der Waals surface area contributed by atoms with E-state index in [9.17, 15) is 15.0 Å². The van der Waals surface area contributed by atoms with Crippen molar-refractivity contribution in [3.63, 3.8) is 0 Å². The smallest absolute Gasteiger partial charge is 0.163 e. The highest BCUT2D eigenvalue weighted by molar-refractivity contribution is 6.00. The maximum atomic E-state index is 13.1. The van der Waals surface area contributed by atoms with E-state index < -0.39 is 0 Å². The van der Waals surface area contributed by atoms with E-state index in [4.69, 9.17) is 0 Å². The molecule has 0 saturated heterocycles. The van der Waals surface area contributed by atoms with Gasteiger partial charge in [0.25, 0.3) is 0 Å². The van der Waals surface area contributed by atoms with Crippen molar-refractivity contribution in [1.29, 1.82) is 0 Å². The van der Waals surface area contributed by atoms with Gasteiger partial charge in [-0.15, -0.1) is 0 Å². The molecule has 4 rings (SSSR count). The summed E-state index contributed by atoms with van der Waals surface area (Å²) in [6.07, 6.45) is 2.80. The van der Waals surface area contributed by atoms with Gasteiger partial charge in [0.05, 0.1) is 0 Å². The van der Waals surface area contributed by atoms with E-state index in [1.165, 1.54) is 0 Å². The fourth-order valence-electron chi connectivity index (χ4n) is 4.13. The number of carbonyl (C=O) groups excluding carboxylic acids is 1. The van der Waals surface area contributed by atoms with Gasteiger partial charge >= 0.3 is 0 Å². The first kappa shape index (κ1) is 17.4. The first-order valence-electron chi connectivity index (χ1n) is 9.16. The number of H-pyrrole nitrogens is 1. The van der Waals surface area contributed by atoms with Gasteiger partial charge in [-0.25, -0.2) is 0 Å². The Morgan fingerprint density at radius 1 is 1.00 bits per heavy atom. The topological polar surface area (TPSA) is 73.3 Å². The number of nitrogens with one attached hydrogen (secondary N) is 1. The summed E-state index contributed by atoms with van der Waals surface area (Å²) in [5.41, 5.74) is 3.02. The van der Waals surface area contributed by atoms with Crippen molar-refractivity contribution in [3.8, 4) is 5.75 Å². The van der Waals surface area contributed by atoms with Crippen molar-refractivity contribution in [1.82, 2.24) is 4.98 Å². The Bertz CT molecular complexity index is 1040. The predicted octanol–water partition coefficient (Wildman–Crippen LogP) is 5.21. The summed E-state index contributed by atoms with van der Waals surface area (Å²) >= 11 is 0. The number of hydrogen-bond acceptors (Lipinski definition) is 3. The van der Waals surface area contributed by atoms with Gasteiger partial charge in [-0.3, -0.25) is 4.79 Å². The van der Waals surface area contributed by atoms with Crippen LogP contribution in [0.4, 0.5) is 0 Å². The van der Waals surface area contributed by atoms with Gasteiger partial charge in [-0.05, 0) is 34.7 Å². The van der Waals surface area contributed by atoms with Gasteiger partial charge in [0.2, 0.25) is 0 Å². The largest absolute Gasteiger partial charge is 0.512 e. The van der Waals surface area contributed by atoms with Gasteiger partial charge in [-0.2, -0.15) is 0 Å². The number of carbonyl (C=O) groups is 1. The Morgan fingerprint density at radius 3 is 2.41 bits per heavy atom. The van der Waals surface area contributed by atoms with Gasteiger partial charge in [0.1, 0.15) is 11.5 Å². The van der Waals surface area contributed by atoms with Crippen LogP contribution in [0.25, 0.3) is 10.9 Å². The highest BCUT2D eigenvalue weighted by Crippen LogP contribution is 2.44. The number of aromatic hydroxyl groups is 1. The number of rotatable bonds is 3. The second kappa shape index (κ2) is 6.31. The summed E-state index contributed by atoms with van der Waals surface area (Å²) in [6.45, 7) is 4.00. The maximum absolute atomic E-state index is 13.1. The number of allylic oxidation sites excluding steroid dienone is 2. The van der Waals surface area contributed by atoms with Gasteiger partial charge < -0.3 is 15.2 Å². The number of phenols is 1. The maximum Gasteiger partial charge on any atom is 0.163 e. The molecule has 0 amide bonds. The molecule has 2 aromatic carbocycles. The van der Waals surface area contributed by atoms with Crippen molar-refractivity contribution in [2.24, 2.45) is 5.41 Å². The number of aromatic nitrogens is 1. The number of ketones is 1. The molecule has 27 heavy (non-hydrogen) atoms. The van der Waals surface area contributed by atoms with E-state index >= 15 is 0 Å². The summed E-state index contributed by atoms with van der Waals surface area (Å²) in [7, 11) is 0. The molecule has 1 heterocycles. The Labute approximate surface area is 158 Å². The minimum Gasteiger partial charge on any atom is -0.512 e. The Morgan fingerprint density at radius 2 is 1.70 bits per heavy atom. The molecule has 1 atom stereocenters. The molecule has 0 saturated carbocycles. The van der Waals surface area contributed by atoms with E-state index in [0.717, 1.165) is 22.0 Å². The number of phenolic OH excluding ortho intramolecular Hbond substituents is 1. The van der Waals surface area contributed by atoms with Crippen LogP contribution in [-0.2, 0) is 4.79 Å². The summed E-state index contributed by atoms with van der Waals surface area (Å²) in [5, 5.41) is 21.5. The molecule has 0 fully saturated rings. The minimum absolute atomic E-state index is 0.0212. The fraction of sp³-hybridized carbons (Fsp3) is 0.261. The SMILES string of the molecule is CC1(C)CC(=O)C(C(c2ccc(O)cc2)c2c[nH]c3ccccc23)=C(O)C1. The van der Waals surface area contributed by atoms with Crippen LogP contribution in [0.15, 0.2) is 66.1 Å². The fourth-order valence-corrected chi connectivity index (χ4v) is 4.13. The second-order valence-corrected chi connectivity index (χ2v) is 8.12. The lowest BCUT2D eigenvalue weighted by molar-refractivity contribution is -0.118. The van der Waals surface area contributed by atoms with Crippen molar-refractivity contribution >= 4 is 16.7 Å². The van der Waals surface area contributed by atoms with E-state index in [2.05, 4.69) is 4.98 Å². The van der Waals surface area contributed by atoms with E-state index in [-0.39, 0.29) is 28.6 Å². The van der Waals surface area contributed by atoms with E-state index in [1.54, 1.807) is 12.1 Å². The number of hydrogen-bond donors (Lipinski definition) is 3. The molecule has 138 valence electrons. The number of benzene rings is 2. The molecule has 3 N–H and O–H groups in total. The van der Waals surface area contributed by atoms with Crippen LogP contribution >= 0.6 is 0 Å². The molecule has 4 heteroatoms. The highest BCUT2D eigenvalue weighted by Gasteiger charge is 2.38. The molecule has 1 unspecified atom stereocenters. The molecule has 4 nitrogen and oxygen atoms in total. The monoisotopic (exact) mass is 361 g/mol. The average molecular weight is 361 g/mol. The molecular weight excluding hydrogens is 338 g/mol. The normalized spacial score (nSPS) is 18.1. The summed E-state index contributed by atoms with van der Waals surface area (Å²) in [6, 6.07) is 14.8. The van der Waals surface area contributed by atoms with Crippen molar-refractivity contribution < 1.29 is 15.0 Å². The number of aliphatic hydroxyl groups is 1. The number of aromatic amines is 1. The molecule has 0 radical (unpaired) electrons. The standard InChI is InChI=1S/C23H23NO3/c1-23(2)11-19(26)22(20(27)12-23)21(14-7-9-15(25)10-8-14)17-13-24-18-6-4-3-5-16(17)18/h3-10,13,21,24-26H,11-12H2,1-2H3. The lowest BCUT2D eigenvalue weighted by Crippen LogP contribution is -2.28. The molecule has 0 aliphatic heterocycles. The van der Waals surface area contributed by atoms with Crippen LogP contribution in [0, 0.1) is 5.41 Å². The Balaban J connectivity index is 1.95. The zero-order valence-electron chi connectivity index (χ0n) is 15.5. The van der Waals surface area contributed by atoms with Gasteiger partial charge in [0.15, 0.2) is 5.78 Å². The summed E-state index contributed by atoms with van der Waals surface area (Å²) in [5.74, 6) is -0.0669. The summed E-state index contributed by atoms with van der Waals surface area (Å²) in [4.78, 5) is 16.3. The third-order valence-electron chi connectivity index (χ3n) is 5.34. The third-order valence-corrected chi connectivity index (χ3v) is 5.34. The van der Waals surface area contributed by atoms with E-state index in [0.29, 0.717) is 18.4 Å². The lowest BCUT2D eigenvalue weighted by Gasteiger charge is -2.32. The van der Waals surface area contributed by atoms with Crippen LogP contribution in [0.3, 0.4) is 0 Å².